The molecule has 3 nitrogen and oxygen atoms in total. The Morgan fingerprint density at radius 2 is 2.29 bits per heavy atom. The van der Waals surface area contributed by atoms with Gasteiger partial charge in [0.15, 0.2) is 5.78 Å². The zero-order valence-corrected chi connectivity index (χ0v) is 8.71. The van der Waals surface area contributed by atoms with Crippen molar-refractivity contribution in [2.24, 2.45) is 0 Å². The first-order chi connectivity index (χ1) is 6.74. The van der Waals surface area contributed by atoms with Gasteiger partial charge in [0, 0.05) is 23.9 Å². The second-order valence-electron chi connectivity index (χ2n) is 3.32. The molecule has 0 saturated carbocycles. The number of ketones is 1. The number of carbonyl (C=O) groups excluding carboxylic acids is 1. The van der Waals surface area contributed by atoms with Crippen molar-refractivity contribution in [1.82, 2.24) is 10.3 Å². The van der Waals surface area contributed by atoms with Gasteiger partial charge < -0.3 is 5.32 Å². The van der Waals surface area contributed by atoms with Crippen LogP contribution in [0.2, 0.25) is 0 Å². The zero-order chi connectivity index (χ0) is 10.4. The van der Waals surface area contributed by atoms with Crippen molar-refractivity contribution in [2.45, 2.75) is 19.8 Å². The van der Waals surface area contributed by atoms with Gasteiger partial charge in [0.05, 0.1) is 0 Å². The molecule has 0 fully saturated rings. The van der Waals surface area contributed by atoms with Crippen LogP contribution in [-0.4, -0.2) is 24.4 Å². The molecule has 14 heavy (non-hydrogen) atoms. The summed E-state index contributed by atoms with van der Waals surface area (Å²) in [5.74, 6) is 0.174. The van der Waals surface area contributed by atoms with Crippen molar-refractivity contribution in [1.29, 1.82) is 0 Å². The predicted octanol–water partition coefficient (Wildman–Crippen LogP) is 1.57. The van der Waals surface area contributed by atoms with Crippen molar-refractivity contribution in [2.75, 3.05) is 13.6 Å². The van der Waals surface area contributed by atoms with E-state index in [1.54, 1.807) is 6.20 Å². The van der Waals surface area contributed by atoms with Gasteiger partial charge in [0.2, 0.25) is 0 Å². The fourth-order valence-corrected chi connectivity index (χ4v) is 1.20. The number of aryl methyl sites for hydroxylation is 1. The van der Waals surface area contributed by atoms with E-state index in [1.807, 2.05) is 26.1 Å². The number of carbonyl (C=O) groups is 1. The van der Waals surface area contributed by atoms with E-state index in [1.165, 1.54) is 0 Å². The lowest BCUT2D eigenvalue weighted by molar-refractivity contribution is 0.0980. The van der Waals surface area contributed by atoms with E-state index in [0.717, 1.165) is 18.7 Å². The number of pyridine rings is 1. The van der Waals surface area contributed by atoms with E-state index in [-0.39, 0.29) is 5.78 Å². The van der Waals surface area contributed by atoms with Gasteiger partial charge >= 0.3 is 0 Å². The van der Waals surface area contributed by atoms with E-state index in [2.05, 4.69) is 10.3 Å². The molecule has 0 aliphatic heterocycles. The summed E-state index contributed by atoms with van der Waals surface area (Å²) >= 11 is 0. The molecule has 0 amide bonds. The van der Waals surface area contributed by atoms with E-state index < -0.39 is 0 Å². The maximum absolute atomic E-state index is 11.6. The van der Waals surface area contributed by atoms with Gasteiger partial charge in [0.25, 0.3) is 0 Å². The molecule has 0 saturated heterocycles. The lowest BCUT2D eigenvalue weighted by atomic mass is 10.1. The average molecular weight is 192 g/mol. The van der Waals surface area contributed by atoms with Gasteiger partial charge in [-0.25, -0.2) is 0 Å². The van der Waals surface area contributed by atoms with Crippen LogP contribution in [0, 0.1) is 6.92 Å². The van der Waals surface area contributed by atoms with Crippen molar-refractivity contribution in [3.8, 4) is 0 Å². The molecule has 1 N–H and O–H groups in total. The van der Waals surface area contributed by atoms with Crippen LogP contribution in [0.15, 0.2) is 18.3 Å². The first-order valence-corrected chi connectivity index (χ1v) is 4.84. The molecule has 0 aliphatic carbocycles. The summed E-state index contributed by atoms with van der Waals surface area (Å²) in [4.78, 5) is 15.7. The number of hydrogen-bond donors (Lipinski definition) is 1. The summed E-state index contributed by atoms with van der Waals surface area (Å²) in [7, 11) is 1.89. The highest BCUT2D eigenvalue weighted by atomic mass is 16.1. The Bertz CT molecular complexity index is 293. The van der Waals surface area contributed by atoms with Gasteiger partial charge in [-0.3, -0.25) is 9.78 Å². The molecule has 0 spiro atoms. The van der Waals surface area contributed by atoms with E-state index in [9.17, 15) is 4.79 Å². The quantitative estimate of drug-likeness (QED) is 0.569. The van der Waals surface area contributed by atoms with Gasteiger partial charge in [-0.1, -0.05) is 0 Å². The monoisotopic (exact) mass is 192 g/mol. The van der Waals surface area contributed by atoms with Gasteiger partial charge in [-0.05, 0) is 39.1 Å². The van der Waals surface area contributed by atoms with Crippen LogP contribution in [0.3, 0.4) is 0 Å². The summed E-state index contributed by atoms with van der Waals surface area (Å²) in [6, 6.07) is 3.70. The van der Waals surface area contributed by atoms with Crippen molar-refractivity contribution in [3.63, 3.8) is 0 Å². The van der Waals surface area contributed by atoms with Gasteiger partial charge in [-0.15, -0.1) is 0 Å². The van der Waals surface area contributed by atoms with Crippen molar-refractivity contribution in [3.05, 3.63) is 29.6 Å². The lowest BCUT2D eigenvalue weighted by Gasteiger charge is -2.00. The molecule has 0 atom stereocenters. The Morgan fingerprint density at radius 1 is 1.50 bits per heavy atom. The Hall–Kier alpha value is -1.22. The molecule has 1 aromatic rings. The highest BCUT2D eigenvalue weighted by Crippen LogP contribution is 2.04. The minimum absolute atomic E-state index is 0.174. The number of hydrogen-bond acceptors (Lipinski definition) is 3. The lowest BCUT2D eigenvalue weighted by Crippen LogP contribution is -2.10. The summed E-state index contributed by atoms with van der Waals surface area (Å²) in [6.07, 6.45) is 3.12. The smallest absolute Gasteiger partial charge is 0.164 e. The number of aromatic nitrogens is 1. The Kier molecular flexibility index (Phi) is 4.26. The second-order valence-corrected chi connectivity index (χ2v) is 3.32. The second kappa shape index (κ2) is 5.50. The molecule has 0 aromatic carbocycles. The maximum atomic E-state index is 11.6. The van der Waals surface area contributed by atoms with Crippen LogP contribution in [0.5, 0.6) is 0 Å². The molecular weight excluding hydrogens is 176 g/mol. The van der Waals surface area contributed by atoms with Gasteiger partial charge in [-0.2, -0.15) is 0 Å². The van der Waals surface area contributed by atoms with Crippen LogP contribution in [0.25, 0.3) is 0 Å². The van der Waals surface area contributed by atoms with Crippen LogP contribution in [0.4, 0.5) is 0 Å². The maximum Gasteiger partial charge on any atom is 0.164 e. The third-order valence-electron chi connectivity index (χ3n) is 2.06. The Balaban J connectivity index is 2.48. The molecule has 0 bridgehead atoms. The van der Waals surface area contributed by atoms with Crippen LogP contribution >= 0.6 is 0 Å². The van der Waals surface area contributed by atoms with Crippen LogP contribution < -0.4 is 5.32 Å². The highest BCUT2D eigenvalue weighted by molar-refractivity contribution is 5.95. The van der Waals surface area contributed by atoms with Crippen molar-refractivity contribution >= 4 is 5.78 Å². The normalized spacial score (nSPS) is 10.1. The van der Waals surface area contributed by atoms with E-state index in [4.69, 9.17) is 0 Å². The number of nitrogens with one attached hydrogen (secondary N) is 1. The summed E-state index contributed by atoms with van der Waals surface area (Å²) < 4.78 is 0. The predicted molar refractivity (Wildman–Crippen MR) is 56.5 cm³/mol. The molecule has 76 valence electrons. The third-order valence-corrected chi connectivity index (χ3v) is 2.06. The number of nitrogens with zero attached hydrogens (tertiary/aromatic N) is 1. The van der Waals surface area contributed by atoms with E-state index >= 15 is 0 Å². The molecular formula is C11H16N2O. The number of Topliss-reactive ketones (excluding diaryl/α,β-unsaturated/α-hetero) is 1. The molecule has 0 unspecified atom stereocenters. The SMILES string of the molecule is CNCCCC(=O)c1ccc(C)nc1. The summed E-state index contributed by atoms with van der Waals surface area (Å²) in [5, 5.41) is 3.02. The zero-order valence-electron chi connectivity index (χ0n) is 8.71. The molecule has 0 aliphatic rings. The van der Waals surface area contributed by atoms with Crippen LogP contribution in [0.1, 0.15) is 28.9 Å². The first kappa shape index (κ1) is 10.9. The topological polar surface area (TPSA) is 42.0 Å². The average Bonchev–Trinajstić information content (AvgIpc) is 2.19. The minimum atomic E-state index is 0.174. The van der Waals surface area contributed by atoms with Gasteiger partial charge in [0.1, 0.15) is 0 Å². The minimum Gasteiger partial charge on any atom is -0.320 e. The molecule has 1 heterocycles. The summed E-state index contributed by atoms with van der Waals surface area (Å²) in [5.41, 5.74) is 1.66. The fraction of sp³-hybridized carbons (Fsp3) is 0.455. The van der Waals surface area contributed by atoms with Crippen molar-refractivity contribution < 1.29 is 4.79 Å². The Morgan fingerprint density at radius 3 is 2.86 bits per heavy atom. The van der Waals surface area contributed by atoms with Crippen LogP contribution in [-0.2, 0) is 0 Å². The highest BCUT2D eigenvalue weighted by Gasteiger charge is 2.04. The Labute approximate surface area is 84.6 Å². The molecule has 3 heteroatoms. The summed E-state index contributed by atoms with van der Waals surface area (Å²) in [6.45, 7) is 2.79. The van der Waals surface area contributed by atoms with E-state index in [0.29, 0.717) is 12.0 Å². The first-order valence-electron chi connectivity index (χ1n) is 4.84. The fourth-order valence-electron chi connectivity index (χ4n) is 1.20. The molecule has 1 rings (SSSR count). The molecule has 1 aromatic heterocycles. The standard InChI is InChI=1S/C11H16N2O/c1-9-5-6-10(8-13-9)11(14)4-3-7-12-2/h5-6,8,12H,3-4,7H2,1-2H3. The third kappa shape index (κ3) is 3.26. The molecule has 0 radical (unpaired) electrons. The largest absolute Gasteiger partial charge is 0.320 e. The number of rotatable bonds is 5.